The van der Waals surface area contributed by atoms with Gasteiger partial charge in [-0.05, 0) is 28.3 Å². The van der Waals surface area contributed by atoms with Crippen LogP contribution in [0.5, 0.6) is 0 Å². The van der Waals surface area contributed by atoms with Gasteiger partial charge in [-0.3, -0.25) is 0 Å². The summed E-state index contributed by atoms with van der Waals surface area (Å²) >= 11 is 1.54. The number of rotatable bonds is 5. The molecule has 3 aromatic rings. The van der Waals surface area contributed by atoms with Crippen LogP contribution in [0.4, 0.5) is 4.79 Å². The smallest absolute Gasteiger partial charge is 0.407 e. The number of alkyl carbamates (subject to hydrolysis) is 1. The largest absolute Gasteiger partial charge is 0.449 e. The molecule has 1 heterocycles. The standard InChI is InChI=1S/C21H18N2O2S/c24-21(22-11-5-6-15-13-26-14-23-15)25-12-20-18-9-3-1-7-16(18)17-8-2-4-10-19(17)20/h1-10,13-14,20H,11-12H2,(H,22,24). The Bertz CT molecular complexity index is 889. The summed E-state index contributed by atoms with van der Waals surface area (Å²) < 4.78 is 5.48. The average molecular weight is 362 g/mol. The molecule has 0 bridgehead atoms. The number of nitrogens with one attached hydrogen (secondary N) is 1. The minimum Gasteiger partial charge on any atom is -0.449 e. The van der Waals surface area contributed by atoms with E-state index < -0.39 is 6.09 Å². The van der Waals surface area contributed by atoms with E-state index in [4.69, 9.17) is 4.74 Å². The summed E-state index contributed by atoms with van der Waals surface area (Å²) in [6.07, 6.45) is 3.33. The van der Waals surface area contributed by atoms with Crippen molar-refractivity contribution < 1.29 is 9.53 Å². The first-order valence-electron chi connectivity index (χ1n) is 8.46. The molecule has 1 amide bonds. The number of carbonyl (C=O) groups excluding carboxylic acids is 1. The Kier molecular flexibility index (Phi) is 4.80. The minimum absolute atomic E-state index is 0.0821. The Morgan fingerprint density at radius 3 is 2.46 bits per heavy atom. The zero-order chi connectivity index (χ0) is 17.8. The highest BCUT2D eigenvalue weighted by Gasteiger charge is 2.28. The number of amides is 1. The molecule has 2 aromatic carbocycles. The van der Waals surface area contributed by atoms with Gasteiger partial charge in [0.05, 0.1) is 11.2 Å². The van der Waals surface area contributed by atoms with Crippen molar-refractivity contribution >= 4 is 23.5 Å². The Morgan fingerprint density at radius 1 is 1.12 bits per heavy atom. The van der Waals surface area contributed by atoms with Crippen LogP contribution in [0.25, 0.3) is 17.2 Å². The summed E-state index contributed by atoms with van der Waals surface area (Å²) in [6, 6.07) is 16.6. The lowest BCUT2D eigenvalue weighted by molar-refractivity contribution is 0.144. The third kappa shape index (κ3) is 3.39. The van der Waals surface area contributed by atoms with E-state index in [1.165, 1.54) is 22.3 Å². The Hall–Kier alpha value is -2.92. The van der Waals surface area contributed by atoms with Gasteiger partial charge in [0.2, 0.25) is 0 Å². The van der Waals surface area contributed by atoms with Crippen LogP contribution in [0.1, 0.15) is 22.7 Å². The van der Waals surface area contributed by atoms with E-state index in [-0.39, 0.29) is 5.92 Å². The second-order valence-corrected chi connectivity index (χ2v) is 6.74. The first-order valence-corrected chi connectivity index (χ1v) is 9.41. The number of aromatic nitrogens is 1. The molecule has 130 valence electrons. The summed E-state index contributed by atoms with van der Waals surface area (Å²) in [5.74, 6) is 0.0821. The topological polar surface area (TPSA) is 51.2 Å². The number of benzene rings is 2. The van der Waals surface area contributed by atoms with Gasteiger partial charge in [-0.2, -0.15) is 0 Å². The molecule has 0 saturated heterocycles. The van der Waals surface area contributed by atoms with Crippen LogP contribution in [0.15, 0.2) is 65.5 Å². The predicted molar refractivity (Wildman–Crippen MR) is 104 cm³/mol. The maximum atomic E-state index is 12.0. The van der Waals surface area contributed by atoms with Gasteiger partial charge in [-0.15, -0.1) is 11.3 Å². The maximum Gasteiger partial charge on any atom is 0.407 e. The Balaban J connectivity index is 1.36. The van der Waals surface area contributed by atoms with Crippen LogP contribution in [0, 0.1) is 0 Å². The van der Waals surface area contributed by atoms with Gasteiger partial charge in [0.25, 0.3) is 0 Å². The summed E-state index contributed by atoms with van der Waals surface area (Å²) in [7, 11) is 0. The molecular weight excluding hydrogens is 344 g/mol. The van der Waals surface area contributed by atoms with Crippen molar-refractivity contribution in [2.24, 2.45) is 0 Å². The van der Waals surface area contributed by atoms with Crippen molar-refractivity contribution in [3.8, 4) is 11.1 Å². The van der Waals surface area contributed by atoms with E-state index in [1.807, 2.05) is 41.8 Å². The first kappa shape index (κ1) is 16.5. The maximum absolute atomic E-state index is 12.0. The lowest BCUT2D eigenvalue weighted by Gasteiger charge is -2.14. The van der Waals surface area contributed by atoms with Crippen LogP contribution in [0.2, 0.25) is 0 Å². The van der Waals surface area contributed by atoms with Crippen LogP contribution in [0.3, 0.4) is 0 Å². The van der Waals surface area contributed by atoms with Crippen molar-refractivity contribution in [3.63, 3.8) is 0 Å². The minimum atomic E-state index is -0.408. The van der Waals surface area contributed by atoms with Crippen molar-refractivity contribution in [1.29, 1.82) is 0 Å². The fourth-order valence-corrected chi connectivity index (χ4v) is 3.80. The molecule has 1 aliphatic carbocycles. The van der Waals surface area contributed by atoms with Gasteiger partial charge in [0.15, 0.2) is 0 Å². The summed E-state index contributed by atoms with van der Waals surface area (Å²) in [6.45, 7) is 0.740. The number of nitrogens with zero attached hydrogens (tertiary/aromatic N) is 1. The molecule has 0 saturated carbocycles. The SMILES string of the molecule is O=C(NCC=Cc1cscn1)OCC1c2ccccc2-c2ccccc21. The second-order valence-electron chi connectivity index (χ2n) is 6.02. The molecule has 0 atom stereocenters. The first-order chi connectivity index (χ1) is 12.8. The summed E-state index contributed by atoms with van der Waals surface area (Å²) in [5.41, 5.74) is 7.55. The monoisotopic (exact) mass is 362 g/mol. The van der Waals surface area contributed by atoms with Crippen LogP contribution < -0.4 is 5.32 Å². The van der Waals surface area contributed by atoms with E-state index in [0.717, 1.165) is 5.69 Å². The van der Waals surface area contributed by atoms with Crippen molar-refractivity contribution in [3.05, 3.63) is 82.3 Å². The van der Waals surface area contributed by atoms with E-state index >= 15 is 0 Å². The highest BCUT2D eigenvalue weighted by molar-refractivity contribution is 7.07. The van der Waals surface area contributed by atoms with Gasteiger partial charge in [0.1, 0.15) is 6.61 Å². The molecule has 1 aromatic heterocycles. The number of ether oxygens (including phenoxy) is 1. The third-order valence-electron chi connectivity index (χ3n) is 4.45. The zero-order valence-corrected chi connectivity index (χ0v) is 14.9. The molecule has 0 radical (unpaired) electrons. The van der Waals surface area contributed by atoms with Crippen LogP contribution in [-0.2, 0) is 4.74 Å². The third-order valence-corrected chi connectivity index (χ3v) is 5.05. The fourth-order valence-electron chi connectivity index (χ4n) is 3.28. The second kappa shape index (κ2) is 7.54. The highest BCUT2D eigenvalue weighted by atomic mass is 32.1. The molecular formula is C21H18N2O2S. The van der Waals surface area contributed by atoms with Gasteiger partial charge in [-0.1, -0.05) is 54.6 Å². The number of hydrogen-bond donors (Lipinski definition) is 1. The number of hydrogen-bond acceptors (Lipinski definition) is 4. The van der Waals surface area contributed by atoms with E-state index in [0.29, 0.717) is 13.2 Å². The molecule has 1 aliphatic rings. The molecule has 4 rings (SSSR count). The molecule has 0 fully saturated rings. The number of carbonyl (C=O) groups is 1. The van der Waals surface area contributed by atoms with E-state index in [1.54, 1.807) is 16.8 Å². The van der Waals surface area contributed by atoms with E-state index in [9.17, 15) is 4.79 Å². The Labute approximate surface area is 156 Å². The molecule has 1 N–H and O–H groups in total. The van der Waals surface area contributed by atoms with Gasteiger partial charge < -0.3 is 10.1 Å². The lowest BCUT2D eigenvalue weighted by atomic mass is 9.98. The highest BCUT2D eigenvalue weighted by Crippen LogP contribution is 2.44. The quantitative estimate of drug-likeness (QED) is 0.716. The normalized spacial score (nSPS) is 12.8. The van der Waals surface area contributed by atoms with E-state index in [2.05, 4.69) is 34.6 Å². The zero-order valence-electron chi connectivity index (χ0n) is 14.1. The molecule has 26 heavy (non-hydrogen) atoms. The summed E-state index contributed by atoms with van der Waals surface area (Å²) in [4.78, 5) is 16.2. The summed E-state index contributed by atoms with van der Waals surface area (Å²) in [5, 5.41) is 4.69. The lowest BCUT2D eigenvalue weighted by Crippen LogP contribution is -2.26. The van der Waals surface area contributed by atoms with Gasteiger partial charge in [0, 0.05) is 17.8 Å². The van der Waals surface area contributed by atoms with Crippen LogP contribution >= 0.6 is 11.3 Å². The number of thiazole rings is 1. The van der Waals surface area contributed by atoms with Crippen molar-refractivity contribution in [1.82, 2.24) is 10.3 Å². The predicted octanol–water partition coefficient (Wildman–Crippen LogP) is 4.70. The van der Waals surface area contributed by atoms with Crippen molar-refractivity contribution in [2.45, 2.75) is 5.92 Å². The fraction of sp³-hybridized carbons (Fsp3) is 0.143. The Morgan fingerprint density at radius 2 is 1.81 bits per heavy atom. The molecule has 0 spiro atoms. The molecule has 5 heteroatoms. The number of fused-ring (bicyclic) bond motifs is 3. The van der Waals surface area contributed by atoms with Gasteiger partial charge in [-0.25, -0.2) is 9.78 Å². The van der Waals surface area contributed by atoms with Gasteiger partial charge >= 0.3 is 6.09 Å². The molecule has 0 aliphatic heterocycles. The molecule has 4 nitrogen and oxygen atoms in total. The molecule has 0 unspecified atom stereocenters. The average Bonchev–Trinajstić information content (AvgIpc) is 3.30. The van der Waals surface area contributed by atoms with Crippen LogP contribution in [-0.4, -0.2) is 24.2 Å². The van der Waals surface area contributed by atoms with Crippen molar-refractivity contribution in [2.75, 3.05) is 13.2 Å².